The number of piperidine rings is 1. The summed E-state index contributed by atoms with van der Waals surface area (Å²) in [5.41, 5.74) is 0. The third-order valence-corrected chi connectivity index (χ3v) is 4.07. The van der Waals surface area contributed by atoms with E-state index in [4.69, 9.17) is 0 Å². The molecule has 1 aliphatic heterocycles. The maximum absolute atomic E-state index is 4.59. The normalized spacial score (nSPS) is 32.1. The van der Waals surface area contributed by atoms with E-state index in [0.717, 1.165) is 18.4 Å². The molecule has 14 heavy (non-hydrogen) atoms. The van der Waals surface area contributed by atoms with Crippen LogP contribution in [0.15, 0.2) is 0 Å². The zero-order valence-corrected chi connectivity index (χ0v) is 9.38. The van der Waals surface area contributed by atoms with Crippen LogP contribution in [0.4, 0.5) is 0 Å². The average molecular weight is 194 g/mol. The third-order valence-electron chi connectivity index (χ3n) is 4.07. The predicted molar refractivity (Wildman–Crippen MR) is 60.4 cm³/mol. The Morgan fingerprint density at radius 2 is 1.29 bits per heavy atom. The molecular formula is C13H24N. The van der Waals surface area contributed by atoms with Gasteiger partial charge >= 0.3 is 0 Å². The Balaban J connectivity index is 1.80. The minimum absolute atomic E-state index is 0.960. The van der Waals surface area contributed by atoms with Crippen LogP contribution in [0.2, 0.25) is 0 Å². The van der Waals surface area contributed by atoms with Crippen molar-refractivity contribution in [2.75, 3.05) is 13.1 Å². The van der Waals surface area contributed by atoms with Crippen LogP contribution >= 0.6 is 0 Å². The second-order valence-corrected chi connectivity index (χ2v) is 5.14. The zero-order valence-electron chi connectivity index (χ0n) is 9.38. The van der Waals surface area contributed by atoms with Crippen molar-refractivity contribution in [3.8, 4) is 0 Å². The minimum Gasteiger partial charge on any atom is -0.241 e. The molecule has 2 rings (SSSR count). The Labute approximate surface area is 88.7 Å². The van der Waals surface area contributed by atoms with Crippen molar-refractivity contribution in [3.63, 3.8) is 0 Å². The first-order chi connectivity index (χ1) is 6.97. The summed E-state index contributed by atoms with van der Waals surface area (Å²) in [7, 11) is 0. The molecule has 1 heterocycles. The maximum atomic E-state index is 4.59. The van der Waals surface area contributed by atoms with Gasteiger partial charge in [-0.25, -0.2) is 5.32 Å². The molecular weight excluding hydrogens is 170 g/mol. The molecule has 1 heteroatoms. The van der Waals surface area contributed by atoms with Gasteiger partial charge in [0.1, 0.15) is 0 Å². The van der Waals surface area contributed by atoms with E-state index >= 15 is 0 Å². The van der Waals surface area contributed by atoms with Gasteiger partial charge in [-0.05, 0) is 24.7 Å². The summed E-state index contributed by atoms with van der Waals surface area (Å²) in [5, 5.41) is 4.59. The molecule has 1 unspecified atom stereocenters. The second-order valence-electron chi connectivity index (χ2n) is 5.14. The summed E-state index contributed by atoms with van der Waals surface area (Å²) in [4.78, 5) is 0. The second kappa shape index (κ2) is 5.75. The fourth-order valence-electron chi connectivity index (χ4n) is 3.16. The van der Waals surface area contributed by atoms with Crippen LogP contribution in [0.25, 0.3) is 0 Å². The quantitative estimate of drug-likeness (QED) is 0.607. The van der Waals surface area contributed by atoms with E-state index in [-0.39, 0.29) is 0 Å². The molecule has 1 saturated heterocycles. The smallest absolute Gasteiger partial charge is 0.0164 e. The molecule has 1 nitrogen and oxygen atoms in total. The van der Waals surface area contributed by atoms with Crippen LogP contribution in [-0.4, -0.2) is 13.1 Å². The summed E-state index contributed by atoms with van der Waals surface area (Å²) >= 11 is 0. The molecule has 1 radical (unpaired) electrons. The third kappa shape index (κ3) is 2.98. The van der Waals surface area contributed by atoms with Crippen LogP contribution < -0.4 is 5.32 Å². The van der Waals surface area contributed by atoms with Gasteiger partial charge in [0.15, 0.2) is 0 Å². The molecule has 0 aromatic rings. The monoisotopic (exact) mass is 194 g/mol. The van der Waals surface area contributed by atoms with E-state index in [2.05, 4.69) is 5.32 Å². The summed E-state index contributed by atoms with van der Waals surface area (Å²) < 4.78 is 0. The molecule has 2 aliphatic rings. The Hall–Kier alpha value is -0.0400. The molecule has 2 fully saturated rings. The van der Waals surface area contributed by atoms with Gasteiger partial charge in [-0.3, -0.25) is 0 Å². The molecule has 0 bridgehead atoms. The molecule has 0 aromatic carbocycles. The van der Waals surface area contributed by atoms with Crippen LogP contribution in [0, 0.1) is 11.8 Å². The van der Waals surface area contributed by atoms with E-state index < -0.39 is 0 Å². The van der Waals surface area contributed by atoms with Crippen molar-refractivity contribution < 1.29 is 0 Å². The average Bonchev–Trinajstić information content (AvgIpc) is 2.18. The van der Waals surface area contributed by atoms with Crippen molar-refractivity contribution >= 4 is 0 Å². The Kier molecular flexibility index (Phi) is 4.30. The van der Waals surface area contributed by atoms with E-state index in [1.54, 1.807) is 0 Å². The SMILES string of the molecule is C1CCCC(C2CCC[N]C2)CCC1. The fraction of sp³-hybridized carbons (Fsp3) is 1.00. The Bertz CT molecular complexity index is 141. The highest BCUT2D eigenvalue weighted by molar-refractivity contribution is 4.77. The summed E-state index contributed by atoms with van der Waals surface area (Å²) in [6.07, 6.45) is 13.3. The lowest BCUT2D eigenvalue weighted by Gasteiger charge is -2.31. The van der Waals surface area contributed by atoms with Crippen molar-refractivity contribution in [2.24, 2.45) is 11.8 Å². The molecule has 1 saturated carbocycles. The van der Waals surface area contributed by atoms with Crippen molar-refractivity contribution in [1.29, 1.82) is 0 Å². The van der Waals surface area contributed by atoms with Gasteiger partial charge in [-0.15, -0.1) is 0 Å². The van der Waals surface area contributed by atoms with Gasteiger partial charge in [0.25, 0.3) is 0 Å². The Morgan fingerprint density at radius 3 is 1.93 bits per heavy atom. The van der Waals surface area contributed by atoms with Gasteiger partial charge in [0.05, 0.1) is 0 Å². The van der Waals surface area contributed by atoms with Crippen LogP contribution in [0.5, 0.6) is 0 Å². The van der Waals surface area contributed by atoms with Crippen LogP contribution in [-0.2, 0) is 0 Å². The van der Waals surface area contributed by atoms with Crippen molar-refractivity contribution in [1.82, 2.24) is 5.32 Å². The first-order valence-corrected chi connectivity index (χ1v) is 6.60. The lowest BCUT2D eigenvalue weighted by molar-refractivity contribution is 0.218. The lowest BCUT2D eigenvalue weighted by Crippen LogP contribution is -2.30. The van der Waals surface area contributed by atoms with E-state index in [9.17, 15) is 0 Å². The number of hydrogen-bond donors (Lipinski definition) is 0. The van der Waals surface area contributed by atoms with E-state index in [1.165, 1.54) is 64.3 Å². The predicted octanol–water partition coefficient (Wildman–Crippen LogP) is 3.36. The molecule has 1 aliphatic carbocycles. The number of hydrogen-bond acceptors (Lipinski definition) is 0. The molecule has 0 aromatic heterocycles. The summed E-state index contributed by atoms with van der Waals surface area (Å²) in [6.45, 7) is 2.33. The molecule has 81 valence electrons. The largest absolute Gasteiger partial charge is 0.241 e. The number of nitrogens with zero attached hydrogens (tertiary/aromatic N) is 1. The first kappa shape index (κ1) is 10.5. The standard InChI is InChI=1S/C13H24N/c1-2-4-7-12(8-5-3-1)13-9-6-10-14-11-13/h12-13H,1-11H2. The van der Waals surface area contributed by atoms with E-state index in [1.807, 2.05) is 0 Å². The van der Waals surface area contributed by atoms with Gasteiger partial charge < -0.3 is 0 Å². The van der Waals surface area contributed by atoms with Gasteiger partial charge in [-0.1, -0.05) is 44.9 Å². The topological polar surface area (TPSA) is 14.1 Å². The highest BCUT2D eigenvalue weighted by Crippen LogP contribution is 2.31. The zero-order chi connectivity index (χ0) is 9.64. The van der Waals surface area contributed by atoms with Crippen LogP contribution in [0.3, 0.4) is 0 Å². The fourth-order valence-corrected chi connectivity index (χ4v) is 3.16. The van der Waals surface area contributed by atoms with Gasteiger partial charge in [-0.2, -0.15) is 0 Å². The maximum Gasteiger partial charge on any atom is 0.0164 e. The Morgan fingerprint density at radius 1 is 0.643 bits per heavy atom. The van der Waals surface area contributed by atoms with Gasteiger partial charge in [0.2, 0.25) is 0 Å². The molecule has 1 atom stereocenters. The number of rotatable bonds is 1. The molecule has 0 spiro atoms. The van der Waals surface area contributed by atoms with Crippen molar-refractivity contribution in [2.45, 2.75) is 57.8 Å². The van der Waals surface area contributed by atoms with Crippen LogP contribution in [0.1, 0.15) is 57.8 Å². The summed E-state index contributed by atoms with van der Waals surface area (Å²) in [6, 6.07) is 0. The van der Waals surface area contributed by atoms with Crippen molar-refractivity contribution in [3.05, 3.63) is 0 Å². The first-order valence-electron chi connectivity index (χ1n) is 6.60. The lowest BCUT2D eigenvalue weighted by atomic mass is 9.78. The van der Waals surface area contributed by atoms with E-state index in [0.29, 0.717) is 0 Å². The summed E-state index contributed by atoms with van der Waals surface area (Å²) in [5.74, 6) is 1.99. The highest BCUT2D eigenvalue weighted by Gasteiger charge is 2.23. The molecule has 0 amide bonds. The van der Waals surface area contributed by atoms with Gasteiger partial charge in [0, 0.05) is 13.1 Å². The highest BCUT2D eigenvalue weighted by atomic mass is 14.9. The molecule has 0 N–H and O–H groups in total. The minimum atomic E-state index is 0.960.